The Hall–Kier alpha value is -2.70. The van der Waals surface area contributed by atoms with Gasteiger partial charge in [0.25, 0.3) is 0 Å². The quantitative estimate of drug-likeness (QED) is 0.492. The molecule has 1 atom stereocenters. The van der Waals surface area contributed by atoms with E-state index in [4.69, 9.17) is 15.6 Å². The van der Waals surface area contributed by atoms with Crippen molar-refractivity contribution in [2.24, 2.45) is 5.73 Å². The van der Waals surface area contributed by atoms with Gasteiger partial charge in [0.2, 0.25) is 0 Å². The van der Waals surface area contributed by atoms with Gasteiger partial charge < -0.3 is 15.6 Å². The maximum absolute atomic E-state index is 14.9. The van der Waals surface area contributed by atoms with Crippen LogP contribution in [-0.4, -0.2) is 11.1 Å². The predicted octanol–water partition coefficient (Wildman–Crippen LogP) is 5.48. The first-order chi connectivity index (χ1) is 13.8. The lowest BCUT2D eigenvalue weighted by Gasteiger charge is -2.14. The Morgan fingerprint density at radius 2 is 1.93 bits per heavy atom. The van der Waals surface area contributed by atoms with Gasteiger partial charge in [-0.1, -0.05) is 52.3 Å². The van der Waals surface area contributed by atoms with E-state index >= 15 is 0 Å². The van der Waals surface area contributed by atoms with Crippen LogP contribution in [0.1, 0.15) is 29.7 Å². The summed E-state index contributed by atoms with van der Waals surface area (Å²) >= 11 is 3.48. The van der Waals surface area contributed by atoms with Crippen molar-refractivity contribution in [2.45, 2.75) is 26.0 Å². The number of nitrogens with two attached hydrogens (primary N) is 1. The first-order valence-corrected chi connectivity index (χ1v) is 9.90. The largest absolute Gasteiger partial charge is 0.489 e. The molecular weight excluding hydrogens is 437 g/mol. The van der Waals surface area contributed by atoms with Crippen LogP contribution in [0.3, 0.4) is 0 Å². The molecule has 3 N–H and O–H groups in total. The van der Waals surface area contributed by atoms with Crippen molar-refractivity contribution < 1.29 is 19.0 Å². The van der Waals surface area contributed by atoms with Gasteiger partial charge in [-0.15, -0.1) is 0 Å². The minimum absolute atomic E-state index is 0.116. The summed E-state index contributed by atoms with van der Waals surface area (Å²) in [5.74, 6) is -0.740. The summed E-state index contributed by atoms with van der Waals surface area (Å²) in [5.41, 5.74) is 8.93. The van der Waals surface area contributed by atoms with E-state index in [2.05, 4.69) is 15.9 Å². The van der Waals surface area contributed by atoms with E-state index in [0.717, 1.165) is 10.0 Å². The van der Waals surface area contributed by atoms with E-state index in [1.807, 2.05) is 18.2 Å². The smallest absolute Gasteiger partial charge is 0.307 e. The van der Waals surface area contributed by atoms with Crippen molar-refractivity contribution in [2.75, 3.05) is 0 Å². The number of ether oxygens (including phenoxy) is 1. The number of para-hydroxylation sites is 1. The summed E-state index contributed by atoms with van der Waals surface area (Å²) in [6.45, 7) is 1.97. The van der Waals surface area contributed by atoms with Crippen molar-refractivity contribution in [3.8, 4) is 16.9 Å². The Morgan fingerprint density at radius 3 is 2.66 bits per heavy atom. The number of halogens is 2. The molecule has 1 unspecified atom stereocenters. The Balaban J connectivity index is 1.88. The van der Waals surface area contributed by atoms with E-state index in [1.165, 1.54) is 0 Å². The Morgan fingerprint density at radius 1 is 1.17 bits per heavy atom. The van der Waals surface area contributed by atoms with Gasteiger partial charge in [0.15, 0.2) is 0 Å². The molecule has 3 aromatic rings. The fourth-order valence-electron chi connectivity index (χ4n) is 3.13. The standard InChI is InChI=1S/C23H21BrFNO3/c1-14(26)19-6-4-7-20(23(19)25)17-9-15(10-18(24)11-17)13-29-21-8-3-2-5-16(21)12-22(27)28/h2-11,14H,12-13,26H2,1H3,(H,27,28). The van der Waals surface area contributed by atoms with Crippen LogP contribution in [0.5, 0.6) is 5.75 Å². The molecule has 3 rings (SSSR count). The highest BCUT2D eigenvalue weighted by molar-refractivity contribution is 9.10. The number of hydrogen-bond acceptors (Lipinski definition) is 3. The molecule has 0 saturated carbocycles. The average Bonchev–Trinajstić information content (AvgIpc) is 2.66. The second kappa shape index (κ2) is 9.20. The number of carboxylic acid groups (broad SMARTS) is 1. The van der Waals surface area contributed by atoms with Gasteiger partial charge >= 0.3 is 5.97 Å². The van der Waals surface area contributed by atoms with Crippen molar-refractivity contribution in [3.05, 3.63) is 87.6 Å². The molecule has 0 spiro atoms. The second-order valence-corrected chi connectivity index (χ2v) is 7.73. The lowest BCUT2D eigenvalue weighted by molar-refractivity contribution is -0.136. The minimum atomic E-state index is -0.921. The van der Waals surface area contributed by atoms with Crippen LogP contribution >= 0.6 is 15.9 Å². The zero-order valence-corrected chi connectivity index (χ0v) is 17.4. The van der Waals surface area contributed by atoms with Crippen LogP contribution in [0.25, 0.3) is 11.1 Å². The van der Waals surface area contributed by atoms with Crippen LogP contribution < -0.4 is 10.5 Å². The summed E-state index contributed by atoms with van der Waals surface area (Å²) in [4.78, 5) is 11.0. The van der Waals surface area contributed by atoms with Crippen LogP contribution in [-0.2, 0) is 17.8 Å². The second-order valence-electron chi connectivity index (χ2n) is 6.81. The summed E-state index contributed by atoms with van der Waals surface area (Å²) in [7, 11) is 0. The number of benzene rings is 3. The summed E-state index contributed by atoms with van der Waals surface area (Å²) in [6.07, 6.45) is -0.116. The molecule has 0 fully saturated rings. The molecule has 4 nitrogen and oxygen atoms in total. The molecule has 3 aromatic carbocycles. The van der Waals surface area contributed by atoms with E-state index in [0.29, 0.717) is 28.0 Å². The summed E-state index contributed by atoms with van der Waals surface area (Å²) in [5, 5.41) is 9.06. The van der Waals surface area contributed by atoms with Gasteiger partial charge in [-0.25, -0.2) is 4.39 Å². The van der Waals surface area contributed by atoms with E-state index in [1.54, 1.807) is 49.4 Å². The third-order valence-electron chi connectivity index (χ3n) is 4.50. The van der Waals surface area contributed by atoms with Crippen LogP contribution in [0.2, 0.25) is 0 Å². The lowest BCUT2D eigenvalue weighted by atomic mass is 9.98. The van der Waals surface area contributed by atoms with Crippen molar-refractivity contribution in [1.82, 2.24) is 0 Å². The highest BCUT2D eigenvalue weighted by Crippen LogP contribution is 2.31. The molecule has 0 saturated heterocycles. The number of hydrogen-bond donors (Lipinski definition) is 2. The Labute approximate surface area is 177 Å². The minimum Gasteiger partial charge on any atom is -0.489 e. The van der Waals surface area contributed by atoms with Gasteiger partial charge in [0, 0.05) is 27.2 Å². The molecule has 6 heteroatoms. The van der Waals surface area contributed by atoms with Gasteiger partial charge in [-0.05, 0) is 42.3 Å². The molecule has 0 bridgehead atoms. The van der Waals surface area contributed by atoms with Crippen LogP contribution in [0, 0.1) is 5.82 Å². The molecule has 0 aromatic heterocycles. The molecule has 150 valence electrons. The normalized spacial score (nSPS) is 11.9. The van der Waals surface area contributed by atoms with Crippen molar-refractivity contribution in [1.29, 1.82) is 0 Å². The van der Waals surface area contributed by atoms with Crippen molar-refractivity contribution >= 4 is 21.9 Å². The molecule has 0 aliphatic rings. The summed E-state index contributed by atoms with van der Waals surface area (Å²) < 4.78 is 21.6. The Bertz CT molecular complexity index is 1040. The fraction of sp³-hybridized carbons (Fsp3) is 0.174. The van der Waals surface area contributed by atoms with Gasteiger partial charge in [0.1, 0.15) is 18.2 Å². The average molecular weight is 458 g/mol. The highest BCUT2D eigenvalue weighted by atomic mass is 79.9. The van der Waals surface area contributed by atoms with Gasteiger partial charge in [-0.3, -0.25) is 4.79 Å². The van der Waals surface area contributed by atoms with E-state index in [-0.39, 0.29) is 18.8 Å². The first kappa shape index (κ1) is 21.0. The first-order valence-electron chi connectivity index (χ1n) is 9.11. The molecule has 0 radical (unpaired) electrons. The fourth-order valence-corrected chi connectivity index (χ4v) is 3.67. The van der Waals surface area contributed by atoms with Crippen LogP contribution in [0.4, 0.5) is 4.39 Å². The predicted molar refractivity (Wildman–Crippen MR) is 114 cm³/mol. The molecule has 0 heterocycles. The topological polar surface area (TPSA) is 72.5 Å². The lowest BCUT2D eigenvalue weighted by Crippen LogP contribution is -2.08. The SMILES string of the molecule is CC(N)c1cccc(-c2cc(Br)cc(COc3ccccc3CC(=O)O)c2)c1F. The zero-order valence-electron chi connectivity index (χ0n) is 15.9. The Kier molecular flexibility index (Phi) is 6.67. The molecule has 0 aliphatic heterocycles. The molecule has 29 heavy (non-hydrogen) atoms. The number of rotatable bonds is 7. The van der Waals surface area contributed by atoms with Gasteiger partial charge in [0.05, 0.1) is 6.42 Å². The van der Waals surface area contributed by atoms with Gasteiger partial charge in [-0.2, -0.15) is 0 Å². The van der Waals surface area contributed by atoms with E-state index < -0.39 is 12.0 Å². The van der Waals surface area contributed by atoms with E-state index in [9.17, 15) is 9.18 Å². The number of carbonyl (C=O) groups is 1. The third-order valence-corrected chi connectivity index (χ3v) is 4.95. The van der Waals surface area contributed by atoms with Crippen molar-refractivity contribution in [3.63, 3.8) is 0 Å². The zero-order chi connectivity index (χ0) is 21.0. The van der Waals surface area contributed by atoms with Crippen LogP contribution in [0.15, 0.2) is 65.1 Å². The number of aliphatic carboxylic acids is 1. The summed E-state index contributed by atoms with van der Waals surface area (Å²) in [6, 6.07) is 17.4. The third kappa shape index (κ3) is 5.22. The molecule has 0 aliphatic carbocycles. The maximum Gasteiger partial charge on any atom is 0.307 e. The monoisotopic (exact) mass is 457 g/mol. The molecule has 0 amide bonds. The highest BCUT2D eigenvalue weighted by Gasteiger charge is 2.14. The maximum atomic E-state index is 14.9. The number of carboxylic acids is 1. The molecular formula is C23H21BrFNO3.